The summed E-state index contributed by atoms with van der Waals surface area (Å²) in [5.41, 5.74) is 0. The van der Waals surface area contributed by atoms with E-state index in [0.717, 1.165) is 6.42 Å². The lowest BCUT2D eigenvalue weighted by Gasteiger charge is -2.12. The molecule has 1 heterocycles. The summed E-state index contributed by atoms with van der Waals surface area (Å²) < 4.78 is 4.87. The second kappa shape index (κ2) is 8.24. The van der Waals surface area contributed by atoms with Crippen LogP contribution in [0.25, 0.3) is 0 Å². The maximum atomic E-state index is 11.5. The number of aryl methyl sites for hydroxylation is 1. The Labute approximate surface area is 113 Å². The van der Waals surface area contributed by atoms with E-state index in [2.05, 4.69) is 36.6 Å². The normalized spacial score (nSPS) is 12.4. The molecule has 1 rings (SSSR count). The van der Waals surface area contributed by atoms with Crippen LogP contribution in [0.4, 0.5) is 0 Å². The standard InChI is InChI=1S/C13H22N2O2S/c1-10(8-12-5-4-11(2)18-12)15-9-13(16)14-6-7-17-3/h4-5,10,15H,6-9H2,1-3H3,(H,14,16). The highest BCUT2D eigenvalue weighted by molar-refractivity contribution is 7.11. The van der Waals surface area contributed by atoms with Crippen LogP contribution in [0.2, 0.25) is 0 Å². The van der Waals surface area contributed by atoms with Crippen molar-refractivity contribution < 1.29 is 9.53 Å². The van der Waals surface area contributed by atoms with Crippen molar-refractivity contribution in [2.75, 3.05) is 26.8 Å². The summed E-state index contributed by atoms with van der Waals surface area (Å²) in [6.07, 6.45) is 0.962. The molecule has 0 aliphatic rings. The van der Waals surface area contributed by atoms with Crippen LogP contribution in [0.15, 0.2) is 12.1 Å². The molecule has 0 saturated carbocycles. The van der Waals surface area contributed by atoms with Gasteiger partial charge in [-0.25, -0.2) is 0 Å². The molecule has 1 amide bonds. The largest absolute Gasteiger partial charge is 0.383 e. The summed E-state index contributed by atoms with van der Waals surface area (Å²) >= 11 is 1.81. The van der Waals surface area contributed by atoms with Crippen LogP contribution in [0.3, 0.4) is 0 Å². The van der Waals surface area contributed by atoms with Gasteiger partial charge in [-0.15, -0.1) is 11.3 Å². The number of rotatable bonds is 8. The molecule has 0 saturated heterocycles. The number of carbonyl (C=O) groups is 1. The minimum Gasteiger partial charge on any atom is -0.383 e. The molecule has 1 aromatic rings. The second-order valence-electron chi connectivity index (χ2n) is 4.34. The molecule has 1 atom stereocenters. The van der Waals surface area contributed by atoms with Gasteiger partial charge in [0.1, 0.15) is 0 Å². The highest BCUT2D eigenvalue weighted by Gasteiger charge is 2.07. The second-order valence-corrected chi connectivity index (χ2v) is 5.71. The highest BCUT2D eigenvalue weighted by Crippen LogP contribution is 2.16. The van der Waals surface area contributed by atoms with E-state index in [9.17, 15) is 4.79 Å². The molecule has 102 valence electrons. The zero-order valence-corrected chi connectivity index (χ0v) is 12.1. The number of carbonyl (C=O) groups excluding carboxylic acids is 1. The molecule has 4 nitrogen and oxygen atoms in total. The van der Waals surface area contributed by atoms with Gasteiger partial charge in [0.15, 0.2) is 0 Å². The van der Waals surface area contributed by atoms with Gasteiger partial charge in [0.25, 0.3) is 0 Å². The topological polar surface area (TPSA) is 50.4 Å². The van der Waals surface area contributed by atoms with Crippen molar-refractivity contribution >= 4 is 17.2 Å². The Morgan fingerprint density at radius 1 is 1.50 bits per heavy atom. The van der Waals surface area contributed by atoms with Crippen LogP contribution in [-0.4, -0.2) is 38.8 Å². The number of methoxy groups -OCH3 is 1. The van der Waals surface area contributed by atoms with Crippen molar-refractivity contribution in [3.63, 3.8) is 0 Å². The van der Waals surface area contributed by atoms with E-state index >= 15 is 0 Å². The molecule has 0 aliphatic heterocycles. The highest BCUT2D eigenvalue weighted by atomic mass is 32.1. The summed E-state index contributed by atoms with van der Waals surface area (Å²) in [4.78, 5) is 14.1. The molecule has 1 aromatic heterocycles. The van der Waals surface area contributed by atoms with E-state index in [0.29, 0.717) is 25.7 Å². The number of ether oxygens (including phenoxy) is 1. The third-order valence-electron chi connectivity index (χ3n) is 2.54. The summed E-state index contributed by atoms with van der Waals surface area (Å²) in [7, 11) is 1.62. The summed E-state index contributed by atoms with van der Waals surface area (Å²) in [6, 6.07) is 4.58. The molecular formula is C13H22N2O2S. The monoisotopic (exact) mass is 270 g/mol. The van der Waals surface area contributed by atoms with Gasteiger partial charge in [-0.1, -0.05) is 0 Å². The summed E-state index contributed by atoms with van der Waals surface area (Å²) in [6.45, 7) is 5.67. The van der Waals surface area contributed by atoms with E-state index in [1.54, 1.807) is 7.11 Å². The minimum absolute atomic E-state index is 0.0151. The van der Waals surface area contributed by atoms with Gasteiger partial charge in [0.05, 0.1) is 13.2 Å². The Hall–Kier alpha value is -0.910. The fraction of sp³-hybridized carbons (Fsp3) is 0.615. The Bertz CT molecular complexity index is 366. The third kappa shape index (κ3) is 6.14. The van der Waals surface area contributed by atoms with E-state index in [1.807, 2.05) is 11.3 Å². The molecule has 0 radical (unpaired) electrons. The van der Waals surface area contributed by atoms with E-state index in [1.165, 1.54) is 9.75 Å². The van der Waals surface area contributed by atoms with Gasteiger partial charge in [0, 0.05) is 29.5 Å². The maximum absolute atomic E-state index is 11.5. The number of thiophene rings is 1. The molecular weight excluding hydrogens is 248 g/mol. The number of nitrogens with one attached hydrogen (secondary N) is 2. The van der Waals surface area contributed by atoms with Gasteiger partial charge in [-0.05, 0) is 32.4 Å². The molecule has 0 aliphatic carbocycles. The number of hydrogen-bond donors (Lipinski definition) is 2. The van der Waals surface area contributed by atoms with Gasteiger partial charge >= 0.3 is 0 Å². The van der Waals surface area contributed by atoms with E-state index in [-0.39, 0.29) is 5.91 Å². The Balaban J connectivity index is 2.16. The predicted molar refractivity (Wildman–Crippen MR) is 75.1 cm³/mol. The van der Waals surface area contributed by atoms with Gasteiger partial charge in [-0.2, -0.15) is 0 Å². The summed E-state index contributed by atoms with van der Waals surface area (Å²) in [5, 5.41) is 6.00. The van der Waals surface area contributed by atoms with Crippen molar-refractivity contribution in [1.82, 2.24) is 10.6 Å². The lowest BCUT2D eigenvalue weighted by Crippen LogP contribution is -2.39. The number of hydrogen-bond acceptors (Lipinski definition) is 4. The van der Waals surface area contributed by atoms with Crippen LogP contribution < -0.4 is 10.6 Å². The minimum atomic E-state index is 0.0151. The van der Waals surface area contributed by atoms with Gasteiger partial charge in [-0.3, -0.25) is 4.79 Å². The fourth-order valence-electron chi connectivity index (χ4n) is 1.59. The number of amides is 1. The predicted octanol–water partition coefficient (Wildman–Crippen LogP) is 1.34. The Kier molecular flexibility index (Phi) is 6.93. The molecule has 0 bridgehead atoms. The third-order valence-corrected chi connectivity index (χ3v) is 3.57. The maximum Gasteiger partial charge on any atom is 0.234 e. The zero-order chi connectivity index (χ0) is 13.4. The first kappa shape index (κ1) is 15.1. The molecule has 0 aromatic carbocycles. The van der Waals surface area contributed by atoms with Crippen LogP contribution in [0.5, 0.6) is 0 Å². The molecule has 5 heteroatoms. The smallest absolute Gasteiger partial charge is 0.234 e. The zero-order valence-electron chi connectivity index (χ0n) is 11.3. The first-order chi connectivity index (χ1) is 8.61. The SMILES string of the molecule is COCCNC(=O)CNC(C)Cc1ccc(C)s1. The van der Waals surface area contributed by atoms with Gasteiger partial charge < -0.3 is 15.4 Å². The lowest BCUT2D eigenvalue weighted by molar-refractivity contribution is -0.120. The molecule has 1 unspecified atom stereocenters. The van der Waals surface area contributed by atoms with Crippen LogP contribution in [-0.2, 0) is 16.0 Å². The van der Waals surface area contributed by atoms with Crippen LogP contribution in [0.1, 0.15) is 16.7 Å². The van der Waals surface area contributed by atoms with Gasteiger partial charge in [0.2, 0.25) is 5.91 Å². The van der Waals surface area contributed by atoms with E-state index < -0.39 is 0 Å². The Morgan fingerprint density at radius 3 is 2.89 bits per heavy atom. The van der Waals surface area contributed by atoms with Crippen molar-refractivity contribution in [3.05, 3.63) is 21.9 Å². The molecule has 18 heavy (non-hydrogen) atoms. The van der Waals surface area contributed by atoms with E-state index in [4.69, 9.17) is 4.74 Å². The van der Waals surface area contributed by atoms with Crippen LogP contribution >= 0.6 is 11.3 Å². The van der Waals surface area contributed by atoms with Crippen molar-refractivity contribution in [2.24, 2.45) is 0 Å². The molecule has 2 N–H and O–H groups in total. The molecule has 0 fully saturated rings. The van der Waals surface area contributed by atoms with Crippen molar-refractivity contribution in [3.8, 4) is 0 Å². The fourth-order valence-corrected chi connectivity index (χ4v) is 2.61. The van der Waals surface area contributed by atoms with Crippen molar-refractivity contribution in [2.45, 2.75) is 26.3 Å². The average Bonchev–Trinajstić information content (AvgIpc) is 2.72. The van der Waals surface area contributed by atoms with Crippen molar-refractivity contribution in [1.29, 1.82) is 0 Å². The Morgan fingerprint density at radius 2 is 2.28 bits per heavy atom. The first-order valence-corrected chi connectivity index (χ1v) is 6.97. The molecule has 0 spiro atoms. The van der Waals surface area contributed by atoms with Crippen LogP contribution in [0, 0.1) is 6.92 Å². The first-order valence-electron chi connectivity index (χ1n) is 6.16. The summed E-state index contributed by atoms with van der Waals surface area (Å²) in [5.74, 6) is 0.0151. The average molecular weight is 270 g/mol. The quantitative estimate of drug-likeness (QED) is 0.701. The lowest BCUT2D eigenvalue weighted by atomic mass is 10.2.